The van der Waals surface area contributed by atoms with Crippen molar-refractivity contribution in [2.75, 3.05) is 0 Å². The van der Waals surface area contributed by atoms with Gasteiger partial charge in [-0.1, -0.05) is 29.5 Å². The first kappa shape index (κ1) is 17.3. The summed E-state index contributed by atoms with van der Waals surface area (Å²) in [5.74, 6) is 0. The Hall–Kier alpha value is -2.10. The van der Waals surface area contributed by atoms with Crippen molar-refractivity contribution < 1.29 is 0 Å². The second-order valence-corrected chi connectivity index (χ2v) is 9.14. The molecule has 3 aromatic rings. The number of benzene rings is 1. The Labute approximate surface area is 160 Å². The van der Waals surface area contributed by atoms with Crippen molar-refractivity contribution in [3.05, 3.63) is 50.1 Å². The highest BCUT2D eigenvalue weighted by atomic mass is 32.2. The van der Waals surface area contributed by atoms with E-state index in [2.05, 4.69) is 12.1 Å². The highest BCUT2D eigenvalue weighted by molar-refractivity contribution is 8.00. The fraction of sp³-hybridized carbons (Fsp3) is 0.350. The normalized spacial score (nSPS) is 14.4. The van der Waals surface area contributed by atoms with E-state index in [0.717, 1.165) is 46.3 Å². The maximum absolute atomic E-state index is 13.5. The van der Waals surface area contributed by atoms with E-state index in [1.807, 2.05) is 32.9 Å². The van der Waals surface area contributed by atoms with Gasteiger partial charge in [-0.2, -0.15) is 5.26 Å². The third kappa shape index (κ3) is 2.76. The number of rotatable bonds is 3. The number of aryl methyl sites for hydroxylation is 4. The van der Waals surface area contributed by atoms with E-state index in [9.17, 15) is 10.1 Å². The highest BCUT2D eigenvalue weighted by Gasteiger charge is 2.25. The average molecular weight is 382 g/mol. The Morgan fingerprint density at radius 2 is 2.15 bits per heavy atom. The van der Waals surface area contributed by atoms with Crippen molar-refractivity contribution in [3.8, 4) is 11.8 Å². The van der Waals surface area contributed by atoms with Crippen LogP contribution in [0.25, 0.3) is 15.9 Å². The Morgan fingerprint density at radius 1 is 1.35 bits per heavy atom. The summed E-state index contributed by atoms with van der Waals surface area (Å²) < 4.78 is 1.71. The van der Waals surface area contributed by atoms with Crippen LogP contribution in [-0.4, -0.2) is 14.8 Å². The molecule has 0 saturated heterocycles. The largest absolute Gasteiger partial charge is 0.268 e. The van der Waals surface area contributed by atoms with Gasteiger partial charge in [-0.3, -0.25) is 9.36 Å². The zero-order chi connectivity index (χ0) is 18.4. The van der Waals surface area contributed by atoms with Gasteiger partial charge in [0.1, 0.15) is 4.83 Å². The molecule has 0 bridgehead atoms. The van der Waals surface area contributed by atoms with Crippen LogP contribution >= 0.6 is 23.1 Å². The van der Waals surface area contributed by atoms with Crippen molar-refractivity contribution in [3.63, 3.8) is 0 Å². The second-order valence-electron chi connectivity index (χ2n) is 6.75. The number of thiophene rings is 1. The molecule has 0 saturated carbocycles. The Kier molecular flexibility index (Phi) is 4.37. The van der Waals surface area contributed by atoms with E-state index in [0.29, 0.717) is 5.16 Å². The quantitative estimate of drug-likeness (QED) is 0.493. The van der Waals surface area contributed by atoms with Crippen LogP contribution in [0.5, 0.6) is 0 Å². The van der Waals surface area contributed by atoms with Crippen LogP contribution < -0.4 is 5.56 Å². The standard InChI is InChI=1S/C20H19N3OS2/c1-11-7-8-15(12(2)9-11)23-19(24)17-14-5-4-6-16(14)26-18(17)22-20(23)25-13(3)10-21/h7-9,13H,4-6H2,1-3H3. The first-order valence-corrected chi connectivity index (χ1v) is 10.4. The van der Waals surface area contributed by atoms with Gasteiger partial charge in [-0.15, -0.1) is 11.3 Å². The van der Waals surface area contributed by atoms with Gasteiger partial charge in [0.15, 0.2) is 5.16 Å². The molecule has 1 aliphatic carbocycles. The summed E-state index contributed by atoms with van der Waals surface area (Å²) in [4.78, 5) is 20.4. The molecule has 0 N–H and O–H groups in total. The number of thioether (sulfide) groups is 1. The molecular formula is C20H19N3OS2. The number of nitrogens with zero attached hydrogens (tertiary/aromatic N) is 3. The van der Waals surface area contributed by atoms with Crippen LogP contribution in [0.4, 0.5) is 0 Å². The fourth-order valence-corrected chi connectivity index (χ4v) is 5.67. The molecule has 0 aliphatic heterocycles. The summed E-state index contributed by atoms with van der Waals surface area (Å²) in [6.07, 6.45) is 3.11. The number of fused-ring (bicyclic) bond motifs is 3. The summed E-state index contributed by atoms with van der Waals surface area (Å²) in [6, 6.07) is 8.30. The molecule has 0 amide bonds. The lowest BCUT2D eigenvalue weighted by Gasteiger charge is -2.15. The Balaban J connectivity index is 2.04. The molecule has 0 spiro atoms. The molecule has 2 heterocycles. The summed E-state index contributed by atoms with van der Waals surface area (Å²) in [6.45, 7) is 5.89. The molecule has 1 unspecified atom stereocenters. The van der Waals surface area contributed by atoms with Gasteiger partial charge < -0.3 is 0 Å². The topological polar surface area (TPSA) is 58.7 Å². The zero-order valence-electron chi connectivity index (χ0n) is 15.0. The van der Waals surface area contributed by atoms with Gasteiger partial charge in [-0.25, -0.2) is 4.98 Å². The molecule has 1 atom stereocenters. The SMILES string of the molecule is Cc1ccc(-n2c(SC(C)C#N)nc3sc4c(c3c2=O)CCC4)c(C)c1. The molecule has 6 heteroatoms. The number of nitriles is 1. The van der Waals surface area contributed by atoms with Crippen LogP contribution in [0.15, 0.2) is 28.2 Å². The van der Waals surface area contributed by atoms with Gasteiger partial charge in [0.25, 0.3) is 5.56 Å². The van der Waals surface area contributed by atoms with Crippen molar-refractivity contribution in [1.82, 2.24) is 9.55 Å². The molecular weight excluding hydrogens is 362 g/mol. The number of aromatic nitrogens is 2. The highest BCUT2D eigenvalue weighted by Crippen LogP contribution is 2.36. The van der Waals surface area contributed by atoms with Crippen LogP contribution in [-0.2, 0) is 12.8 Å². The van der Waals surface area contributed by atoms with E-state index in [-0.39, 0.29) is 10.8 Å². The lowest BCUT2D eigenvalue weighted by atomic mass is 10.1. The Morgan fingerprint density at radius 3 is 2.88 bits per heavy atom. The van der Waals surface area contributed by atoms with E-state index in [1.165, 1.54) is 22.2 Å². The minimum atomic E-state index is -0.275. The van der Waals surface area contributed by atoms with Gasteiger partial charge in [0.05, 0.1) is 22.4 Å². The van der Waals surface area contributed by atoms with Crippen molar-refractivity contribution in [2.45, 2.75) is 50.4 Å². The van der Waals surface area contributed by atoms with Gasteiger partial charge in [0, 0.05) is 4.88 Å². The summed E-state index contributed by atoms with van der Waals surface area (Å²) >= 11 is 2.98. The lowest BCUT2D eigenvalue weighted by Crippen LogP contribution is -2.23. The predicted octanol–water partition coefficient (Wildman–Crippen LogP) is 4.56. The molecule has 4 rings (SSSR count). The third-order valence-corrected chi connectivity index (χ3v) is 6.89. The van der Waals surface area contributed by atoms with Crippen molar-refractivity contribution in [1.29, 1.82) is 5.26 Å². The van der Waals surface area contributed by atoms with Gasteiger partial charge in [-0.05, 0) is 57.2 Å². The molecule has 132 valence electrons. The van der Waals surface area contributed by atoms with E-state index in [1.54, 1.807) is 15.9 Å². The summed E-state index contributed by atoms with van der Waals surface area (Å²) in [5.41, 5.74) is 4.22. The number of hydrogen-bond acceptors (Lipinski definition) is 5. The average Bonchev–Trinajstić information content (AvgIpc) is 3.16. The van der Waals surface area contributed by atoms with Crippen LogP contribution in [0.1, 0.15) is 34.9 Å². The van der Waals surface area contributed by atoms with E-state index >= 15 is 0 Å². The fourth-order valence-electron chi connectivity index (χ4n) is 3.56. The van der Waals surface area contributed by atoms with Gasteiger partial charge >= 0.3 is 0 Å². The molecule has 1 aromatic carbocycles. The molecule has 1 aliphatic rings. The minimum Gasteiger partial charge on any atom is -0.268 e. The second kappa shape index (κ2) is 6.57. The smallest absolute Gasteiger partial charge is 0.267 e. The number of hydrogen-bond donors (Lipinski definition) is 0. The van der Waals surface area contributed by atoms with Crippen LogP contribution in [0.2, 0.25) is 0 Å². The summed E-state index contributed by atoms with van der Waals surface area (Å²) in [5, 5.41) is 10.3. The van der Waals surface area contributed by atoms with E-state index in [4.69, 9.17) is 4.98 Å². The molecule has 0 radical (unpaired) electrons. The molecule has 26 heavy (non-hydrogen) atoms. The zero-order valence-corrected chi connectivity index (χ0v) is 16.6. The Bertz CT molecular complexity index is 1120. The van der Waals surface area contributed by atoms with Gasteiger partial charge in [0.2, 0.25) is 0 Å². The predicted molar refractivity (Wildman–Crippen MR) is 108 cm³/mol. The maximum Gasteiger partial charge on any atom is 0.267 e. The monoisotopic (exact) mass is 381 g/mol. The summed E-state index contributed by atoms with van der Waals surface area (Å²) in [7, 11) is 0. The van der Waals surface area contributed by atoms with Crippen LogP contribution in [0.3, 0.4) is 0 Å². The molecule has 4 nitrogen and oxygen atoms in total. The first-order chi connectivity index (χ1) is 12.5. The van der Waals surface area contributed by atoms with Crippen molar-refractivity contribution in [2.24, 2.45) is 0 Å². The molecule has 2 aromatic heterocycles. The van der Waals surface area contributed by atoms with E-state index < -0.39 is 0 Å². The molecule has 0 fully saturated rings. The van der Waals surface area contributed by atoms with Crippen molar-refractivity contribution >= 4 is 33.3 Å². The first-order valence-electron chi connectivity index (χ1n) is 8.71. The van der Waals surface area contributed by atoms with Crippen LogP contribution in [0, 0.1) is 25.2 Å². The third-order valence-electron chi connectivity index (χ3n) is 4.77. The lowest BCUT2D eigenvalue weighted by molar-refractivity contribution is 0.813. The minimum absolute atomic E-state index is 0.00556. The maximum atomic E-state index is 13.5.